The Balaban J connectivity index is 3.18. The molecule has 0 radical (unpaired) electrons. The molecular weight excluding hydrogens is 242 g/mol. The van der Waals surface area contributed by atoms with E-state index in [4.69, 9.17) is 4.84 Å². The Bertz CT molecular complexity index is 519. The van der Waals surface area contributed by atoms with Crippen molar-refractivity contribution in [3.63, 3.8) is 0 Å². The van der Waals surface area contributed by atoms with Crippen molar-refractivity contribution in [2.24, 2.45) is 10.1 Å². The molecule has 1 aromatic rings. The fraction of sp³-hybridized carbons (Fsp3) is 0.357. The average molecular weight is 261 g/mol. The number of carbonyl (C=O) groups is 1. The van der Waals surface area contributed by atoms with Gasteiger partial charge in [-0.05, 0) is 19.4 Å². The number of nitrogens with zero attached hydrogens (tertiary/aromatic N) is 3. The van der Waals surface area contributed by atoms with E-state index in [1.165, 1.54) is 7.11 Å². The van der Waals surface area contributed by atoms with Crippen LogP contribution in [-0.2, 0) is 9.63 Å². The zero-order valence-corrected chi connectivity index (χ0v) is 12.0. The molecule has 0 aromatic heterocycles. The number of hydrogen-bond donors (Lipinski definition) is 0. The van der Waals surface area contributed by atoms with Crippen molar-refractivity contribution < 1.29 is 9.63 Å². The Hall–Kier alpha value is -2.17. The molecule has 0 aliphatic rings. The molecule has 0 saturated carbocycles. The maximum absolute atomic E-state index is 12.2. The van der Waals surface area contributed by atoms with Gasteiger partial charge in [-0.25, -0.2) is 0 Å². The number of hydrogen-bond acceptors (Lipinski definition) is 3. The molecule has 102 valence electrons. The number of aliphatic imine (C=N–C) groups is 1. The van der Waals surface area contributed by atoms with Crippen LogP contribution in [0.5, 0.6) is 0 Å². The molecule has 5 heteroatoms. The van der Waals surface area contributed by atoms with E-state index in [-0.39, 0.29) is 5.71 Å². The fourth-order valence-electron chi connectivity index (χ4n) is 1.43. The highest BCUT2D eigenvalue weighted by atomic mass is 16.6. The SMILES string of the molecule is CO/N=C(\C(=O)N=C(C)N(C)C)c1ccccc1C. The Kier molecular flexibility index (Phi) is 5.23. The number of amides is 1. The standard InChI is InChI=1S/C14H19N3O2/c1-10-8-6-7-9-12(10)13(16-19-5)14(18)15-11(2)17(3)4/h6-9H,1-5H3/b15-11?,16-13-. The highest BCUT2D eigenvalue weighted by molar-refractivity contribution is 6.46. The summed E-state index contributed by atoms with van der Waals surface area (Å²) in [5, 5.41) is 3.81. The molecule has 1 amide bonds. The Morgan fingerprint density at radius 2 is 1.89 bits per heavy atom. The van der Waals surface area contributed by atoms with Crippen molar-refractivity contribution in [2.75, 3.05) is 21.2 Å². The van der Waals surface area contributed by atoms with Crippen molar-refractivity contribution in [3.8, 4) is 0 Å². The van der Waals surface area contributed by atoms with Crippen LogP contribution in [0.25, 0.3) is 0 Å². The van der Waals surface area contributed by atoms with Crippen LogP contribution in [0.2, 0.25) is 0 Å². The summed E-state index contributed by atoms with van der Waals surface area (Å²) in [5.41, 5.74) is 1.89. The first kappa shape index (κ1) is 14.9. The van der Waals surface area contributed by atoms with E-state index in [2.05, 4.69) is 10.1 Å². The van der Waals surface area contributed by atoms with Gasteiger partial charge in [0.15, 0.2) is 5.71 Å². The molecule has 0 fully saturated rings. The highest BCUT2D eigenvalue weighted by Gasteiger charge is 2.16. The van der Waals surface area contributed by atoms with Crippen molar-refractivity contribution in [1.82, 2.24) is 4.90 Å². The van der Waals surface area contributed by atoms with E-state index < -0.39 is 5.91 Å². The molecular formula is C14H19N3O2. The first-order valence-corrected chi connectivity index (χ1v) is 5.91. The lowest BCUT2D eigenvalue weighted by Gasteiger charge is -2.11. The molecule has 0 N–H and O–H groups in total. The van der Waals surface area contributed by atoms with Crippen LogP contribution in [0, 0.1) is 6.92 Å². The van der Waals surface area contributed by atoms with E-state index in [1.807, 2.05) is 45.3 Å². The number of oxime groups is 1. The van der Waals surface area contributed by atoms with Crippen LogP contribution in [0.1, 0.15) is 18.1 Å². The lowest BCUT2D eigenvalue weighted by molar-refractivity contribution is -0.111. The summed E-state index contributed by atoms with van der Waals surface area (Å²) >= 11 is 0. The van der Waals surface area contributed by atoms with Crippen molar-refractivity contribution in [3.05, 3.63) is 35.4 Å². The van der Waals surface area contributed by atoms with Gasteiger partial charge in [-0.2, -0.15) is 4.99 Å². The van der Waals surface area contributed by atoms with Gasteiger partial charge >= 0.3 is 5.91 Å². The third-order valence-electron chi connectivity index (χ3n) is 2.70. The lowest BCUT2D eigenvalue weighted by atomic mass is 10.0. The highest BCUT2D eigenvalue weighted by Crippen LogP contribution is 2.10. The maximum Gasteiger partial charge on any atom is 0.301 e. The number of amidine groups is 1. The van der Waals surface area contributed by atoms with Crippen molar-refractivity contribution >= 4 is 17.5 Å². The van der Waals surface area contributed by atoms with E-state index >= 15 is 0 Å². The summed E-state index contributed by atoms with van der Waals surface area (Å²) in [5.74, 6) is 0.199. The van der Waals surface area contributed by atoms with Crippen molar-refractivity contribution in [1.29, 1.82) is 0 Å². The summed E-state index contributed by atoms with van der Waals surface area (Å²) in [6.07, 6.45) is 0. The van der Waals surface area contributed by atoms with Gasteiger partial charge in [-0.15, -0.1) is 0 Å². The molecule has 0 bridgehead atoms. The van der Waals surface area contributed by atoms with Crippen LogP contribution in [-0.4, -0.2) is 43.6 Å². The lowest BCUT2D eigenvalue weighted by Crippen LogP contribution is -2.23. The monoisotopic (exact) mass is 261 g/mol. The van der Waals surface area contributed by atoms with Crippen LogP contribution >= 0.6 is 0 Å². The number of aryl methyl sites for hydroxylation is 1. The molecule has 1 aromatic carbocycles. The molecule has 1 rings (SSSR count). The molecule has 0 aliphatic heterocycles. The van der Waals surface area contributed by atoms with Gasteiger partial charge in [0, 0.05) is 19.7 Å². The summed E-state index contributed by atoms with van der Waals surface area (Å²) < 4.78 is 0. The Morgan fingerprint density at radius 3 is 2.42 bits per heavy atom. The minimum atomic E-state index is -0.414. The van der Waals surface area contributed by atoms with Gasteiger partial charge in [-0.1, -0.05) is 29.4 Å². The normalized spacial score (nSPS) is 12.3. The number of rotatable bonds is 3. The molecule has 5 nitrogen and oxygen atoms in total. The predicted octanol–water partition coefficient (Wildman–Crippen LogP) is 1.85. The minimum Gasteiger partial charge on any atom is -0.398 e. The summed E-state index contributed by atoms with van der Waals surface area (Å²) in [6, 6.07) is 7.49. The van der Waals surface area contributed by atoms with Crippen molar-refractivity contribution in [2.45, 2.75) is 13.8 Å². The first-order valence-electron chi connectivity index (χ1n) is 5.91. The maximum atomic E-state index is 12.2. The topological polar surface area (TPSA) is 54.3 Å². The molecule has 0 heterocycles. The molecule has 19 heavy (non-hydrogen) atoms. The third kappa shape index (κ3) is 3.91. The average Bonchev–Trinajstić information content (AvgIpc) is 2.36. The first-order chi connectivity index (χ1) is 8.97. The van der Waals surface area contributed by atoms with Gasteiger partial charge in [0.2, 0.25) is 0 Å². The minimum absolute atomic E-state index is 0.210. The van der Waals surface area contributed by atoms with E-state index in [0.717, 1.165) is 11.1 Å². The summed E-state index contributed by atoms with van der Waals surface area (Å²) in [6.45, 7) is 3.68. The van der Waals surface area contributed by atoms with E-state index in [9.17, 15) is 4.79 Å². The molecule has 0 unspecified atom stereocenters. The van der Waals surface area contributed by atoms with Gasteiger partial charge in [0.1, 0.15) is 12.9 Å². The Morgan fingerprint density at radius 1 is 1.26 bits per heavy atom. The second-order valence-corrected chi connectivity index (χ2v) is 4.30. The van der Waals surface area contributed by atoms with Gasteiger partial charge in [-0.3, -0.25) is 4.79 Å². The zero-order valence-electron chi connectivity index (χ0n) is 12.0. The van der Waals surface area contributed by atoms with Gasteiger partial charge in [0.25, 0.3) is 0 Å². The smallest absolute Gasteiger partial charge is 0.301 e. The number of carbonyl (C=O) groups excluding carboxylic acids is 1. The Labute approximate surface area is 113 Å². The molecule has 0 spiro atoms. The van der Waals surface area contributed by atoms with Crippen LogP contribution in [0.4, 0.5) is 0 Å². The second kappa shape index (κ2) is 6.68. The zero-order chi connectivity index (χ0) is 14.4. The second-order valence-electron chi connectivity index (χ2n) is 4.30. The fourth-order valence-corrected chi connectivity index (χ4v) is 1.43. The molecule has 0 saturated heterocycles. The molecule has 0 atom stereocenters. The summed E-state index contributed by atoms with van der Waals surface area (Å²) in [4.78, 5) is 22.7. The predicted molar refractivity (Wildman–Crippen MR) is 76.5 cm³/mol. The van der Waals surface area contributed by atoms with Gasteiger partial charge in [0.05, 0.1) is 0 Å². The largest absolute Gasteiger partial charge is 0.398 e. The van der Waals surface area contributed by atoms with E-state index in [0.29, 0.717) is 5.84 Å². The van der Waals surface area contributed by atoms with Gasteiger partial charge < -0.3 is 9.74 Å². The van der Waals surface area contributed by atoms with Crippen LogP contribution in [0.3, 0.4) is 0 Å². The molecule has 0 aliphatic carbocycles. The van der Waals surface area contributed by atoms with E-state index in [1.54, 1.807) is 11.8 Å². The van der Waals surface area contributed by atoms with Crippen LogP contribution < -0.4 is 0 Å². The number of benzene rings is 1. The van der Waals surface area contributed by atoms with Crippen LogP contribution in [0.15, 0.2) is 34.4 Å². The third-order valence-corrected chi connectivity index (χ3v) is 2.70. The summed E-state index contributed by atoms with van der Waals surface area (Å²) in [7, 11) is 5.06. The quantitative estimate of drug-likeness (QED) is 0.474.